The van der Waals surface area contributed by atoms with Gasteiger partial charge in [0.15, 0.2) is 0 Å². The Morgan fingerprint density at radius 3 is 2.56 bits per heavy atom. The van der Waals surface area contributed by atoms with E-state index in [1.807, 2.05) is 37.3 Å². The molecule has 25 heavy (non-hydrogen) atoms. The molecule has 2 aromatic carbocycles. The molecule has 0 bridgehead atoms. The summed E-state index contributed by atoms with van der Waals surface area (Å²) in [7, 11) is 1.58. The van der Waals surface area contributed by atoms with Crippen LogP contribution in [0.25, 0.3) is 0 Å². The highest BCUT2D eigenvalue weighted by atomic mass is 16.5. The van der Waals surface area contributed by atoms with Gasteiger partial charge in [-0.2, -0.15) is 0 Å². The monoisotopic (exact) mass is 343 g/mol. The number of ether oxygens (including phenoxy) is 3. The number of hydrogen-bond acceptors (Lipinski definition) is 4. The van der Waals surface area contributed by atoms with Crippen LogP contribution < -0.4 is 10.1 Å². The largest absolute Gasteiger partial charge is 0.497 e. The van der Waals surface area contributed by atoms with Crippen molar-refractivity contribution < 1.29 is 19.0 Å². The lowest BCUT2D eigenvalue weighted by molar-refractivity contribution is 0.0453. The van der Waals surface area contributed by atoms with Gasteiger partial charge in [0.25, 0.3) is 5.91 Å². The minimum Gasteiger partial charge on any atom is -0.497 e. The summed E-state index contributed by atoms with van der Waals surface area (Å²) in [5.74, 6) is 0.538. The molecule has 0 unspecified atom stereocenters. The van der Waals surface area contributed by atoms with Gasteiger partial charge in [-0.05, 0) is 36.2 Å². The van der Waals surface area contributed by atoms with E-state index in [2.05, 4.69) is 5.32 Å². The van der Waals surface area contributed by atoms with Crippen molar-refractivity contribution in [3.63, 3.8) is 0 Å². The molecule has 0 spiro atoms. The molecule has 2 rings (SSSR count). The number of nitrogens with one attached hydrogen (secondary N) is 1. The van der Waals surface area contributed by atoms with Gasteiger partial charge in [-0.25, -0.2) is 0 Å². The average molecular weight is 343 g/mol. The molecule has 134 valence electrons. The molecule has 5 heteroatoms. The van der Waals surface area contributed by atoms with Crippen LogP contribution in [0.15, 0.2) is 48.5 Å². The molecule has 5 nitrogen and oxygen atoms in total. The van der Waals surface area contributed by atoms with Crippen molar-refractivity contribution in [1.82, 2.24) is 5.32 Å². The molecule has 0 saturated carbocycles. The first kappa shape index (κ1) is 19.0. The van der Waals surface area contributed by atoms with Crippen molar-refractivity contribution >= 4 is 5.91 Å². The molecule has 0 fully saturated rings. The minimum atomic E-state index is -0.128. The van der Waals surface area contributed by atoms with Gasteiger partial charge in [0.05, 0.1) is 26.9 Å². The third-order valence-corrected chi connectivity index (χ3v) is 3.62. The van der Waals surface area contributed by atoms with E-state index in [0.717, 1.165) is 11.1 Å². The Morgan fingerprint density at radius 2 is 1.76 bits per heavy atom. The van der Waals surface area contributed by atoms with Crippen LogP contribution in [0.2, 0.25) is 0 Å². The van der Waals surface area contributed by atoms with Crippen molar-refractivity contribution in [2.75, 3.05) is 26.9 Å². The third kappa shape index (κ3) is 6.57. The fourth-order valence-corrected chi connectivity index (χ4v) is 2.33. The fourth-order valence-electron chi connectivity index (χ4n) is 2.33. The minimum absolute atomic E-state index is 0.128. The Morgan fingerprint density at radius 1 is 1.00 bits per heavy atom. The highest BCUT2D eigenvalue weighted by Gasteiger charge is 2.06. The van der Waals surface area contributed by atoms with Gasteiger partial charge in [0, 0.05) is 18.7 Å². The summed E-state index contributed by atoms with van der Waals surface area (Å²) in [5, 5.41) is 2.92. The van der Waals surface area contributed by atoms with Crippen LogP contribution in [-0.2, 0) is 22.6 Å². The van der Waals surface area contributed by atoms with Crippen molar-refractivity contribution in [3.05, 3.63) is 65.2 Å². The second-order valence-corrected chi connectivity index (χ2v) is 5.48. The number of hydrogen-bond donors (Lipinski definition) is 1. The van der Waals surface area contributed by atoms with E-state index >= 15 is 0 Å². The second-order valence-electron chi connectivity index (χ2n) is 5.48. The molecule has 0 aliphatic rings. The Hall–Kier alpha value is -2.37. The van der Waals surface area contributed by atoms with Crippen LogP contribution in [0.4, 0.5) is 0 Å². The summed E-state index contributed by atoms with van der Waals surface area (Å²) in [6.07, 6.45) is 0. The standard InChI is InChI=1S/C20H25NO4/c1-3-24-10-11-25-15-17-7-4-6-16(12-17)14-21-20(22)18-8-5-9-19(13-18)23-2/h4-9,12-13H,3,10-11,14-15H2,1-2H3,(H,21,22). The molecule has 0 heterocycles. The van der Waals surface area contributed by atoms with E-state index < -0.39 is 0 Å². The molecule has 0 atom stereocenters. The lowest BCUT2D eigenvalue weighted by Crippen LogP contribution is -2.22. The Balaban J connectivity index is 1.83. The molecule has 2 aromatic rings. The van der Waals surface area contributed by atoms with E-state index in [0.29, 0.717) is 44.3 Å². The van der Waals surface area contributed by atoms with Crippen LogP contribution in [-0.4, -0.2) is 32.8 Å². The summed E-state index contributed by atoms with van der Waals surface area (Å²) in [6, 6.07) is 15.1. The van der Waals surface area contributed by atoms with Crippen LogP contribution in [0, 0.1) is 0 Å². The molecule has 0 saturated heterocycles. The molecule has 0 aromatic heterocycles. The number of amides is 1. The number of carbonyl (C=O) groups is 1. The zero-order valence-corrected chi connectivity index (χ0v) is 14.8. The first-order valence-corrected chi connectivity index (χ1v) is 8.38. The molecule has 0 radical (unpaired) electrons. The maximum Gasteiger partial charge on any atom is 0.251 e. The van der Waals surface area contributed by atoms with Crippen molar-refractivity contribution in [1.29, 1.82) is 0 Å². The van der Waals surface area contributed by atoms with Crippen LogP contribution in [0.5, 0.6) is 5.75 Å². The predicted molar refractivity (Wildman–Crippen MR) is 96.8 cm³/mol. The lowest BCUT2D eigenvalue weighted by atomic mass is 10.1. The summed E-state index contributed by atoms with van der Waals surface area (Å²) >= 11 is 0. The third-order valence-electron chi connectivity index (χ3n) is 3.62. The zero-order valence-electron chi connectivity index (χ0n) is 14.8. The van der Waals surface area contributed by atoms with Crippen molar-refractivity contribution in [2.24, 2.45) is 0 Å². The SMILES string of the molecule is CCOCCOCc1cccc(CNC(=O)c2cccc(OC)c2)c1. The smallest absolute Gasteiger partial charge is 0.251 e. The number of benzene rings is 2. The first-order valence-electron chi connectivity index (χ1n) is 8.38. The highest BCUT2D eigenvalue weighted by Crippen LogP contribution is 2.13. The maximum absolute atomic E-state index is 12.2. The molecular formula is C20H25NO4. The van der Waals surface area contributed by atoms with Gasteiger partial charge in [0.2, 0.25) is 0 Å². The Labute approximate surface area is 148 Å². The van der Waals surface area contributed by atoms with E-state index in [1.165, 1.54) is 0 Å². The van der Waals surface area contributed by atoms with Crippen molar-refractivity contribution in [3.8, 4) is 5.75 Å². The average Bonchev–Trinajstić information content (AvgIpc) is 2.66. The predicted octanol–water partition coefficient (Wildman–Crippen LogP) is 3.18. The van der Waals surface area contributed by atoms with Crippen LogP contribution in [0.1, 0.15) is 28.4 Å². The van der Waals surface area contributed by atoms with Crippen LogP contribution >= 0.6 is 0 Å². The van der Waals surface area contributed by atoms with Gasteiger partial charge in [-0.15, -0.1) is 0 Å². The number of methoxy groups -OCH3 is 1. The zero-order chi connectivity index (χ0) is 17.9. The highest BCUT2D eigenvalue weighted by molar-refractivity contribution is 5.94. The molecule has 1 N–H and O–H groups in total. The maximum atomic E-state index is 12.2. The summed E-state index contributed by atoms with van der Waals surface area (Å²) < 4.78 is 16.0. The second kappa shape index (κ2) is 10.5. The Kier molecular flexibility index (Phi) is 7.95. The lowest BCUT2D eigenvalue weighted by Gasteiger charge is -2.09. The molecule has 1 amide bonds. The van der Waals surface area contributed by atoms with Gasteiger partial charge in [-0.3, -0.25) is 4.79 Å². The molecule has 0 aliphatic carbocycles. The molecular weight excluding hydrogens is 318 g/mol. The van der Waals surface area contributed by atoms with E-state index in [-0.39, 0.29) is 5.91 Å². The summed E-state index contributed by atoms with van der Waals surface area (Å²) in [5.41, 5.74) is 2.68. The summed E-state index contributed by atoms with van der Waals surface area (Å²) in [4.78, 5) is 12.2. The number of carbonyl (C=O) groups excluding carboxylic acids is 1. The normalized spacial score (nSPS) is 10.5. The van der Waals surface area contributed by atoms with E-state index in [1.54, 1.807) is 25.3 Å². The van der Waals surface area contributed by atoms with Crippen molar-refractivity contribution in [2.45, 2.75) is 20.1 Å². The molecule has 0 aliphatic heterocycles. The first-order chi connectivity index (χ1) is 12.2. The summed E-state index contributed by atoms with van der Waals surface area (Å²) in [6.45, 7) is 4.83. The van der Waals surface area contributed by atoms with Gasteiger partial charge in [-0.1, -0.05) is 30.3 Å². The van der Waals surface area contributed by atoms with E-state index in [4.69, 9.17) is 14.2 Å². The Bertz CT molecular complexity index is 672. The van der Waals surface area contributed by atoms with Gasteiger partial charge >= 0.3 is 0 Å². The topological polar surface area (TPSA) is 56.8 Å². The van der Waals surface area contributed by atoms with Gasteiger partial charge in [0.1, 0.15) is 5.75 Å². The fraction of sp³-hybridized carbons (Fsp3) is 0.350. The van der Waals surface area contributed by atoms with Crippen LogP contribution in [0.3, 0.4) is 0 Å². The number of rotatable bonds is 10. The van der Waals surface area contributed by atoms with Gasteiger partial charge < -0.3 is 19.5 Å². The van der Waals surface area contributed by atoms with E-state index in [9.17, 15) is 4.79 Å². The quantitative estimate of drug-likeness (QED) is 0.673.